The van der Waals surface area contributed by atoms with E-state index in [2.05, 4.69) is 25.3 Å². The zero-order valence-electron chi connectivity index (χ0n) is 26.6. The number of imidazole rings is 1. The van der Waals surface area contributed by atoms with Crippen molar-refractivity contribution >= 4 is 57.5 Å². The summed E-state index contributed by atoms with van der Waals surface area (Å²) >= 11 is 13.3. The number of nitrogens with zero attached hydrogens (tertiary/aromatic N) is 6. The van der Waals surface area contributed by atoms with Gasteiger partial charge in [-0.25, -0.2) is 9.97 Å². The monoisotopic (exact) mass is 689 g/mol. The minimum Gasteiger partial charge on any atom is -0.486 e. The van der Waals surface area contributed by atoms with Crippen LogP contribution < -0.4 is 19.7 Å². The first-order chi connectivity index (χ1) is 23.2. The number of aromatic nitrogens is 5. The van der Waals surface area contributed by atoms with Gasteiger partial charge in [0.2, 0.25) is 11.7 Å². The number of benzene rings is 2. The standard InChI is InChI=1S/C34H33Cl2N7O5/c1-37-33(46)32-39-17-21(18-40-32)10-11-23(44)12-15-29(45)42(2)26-14-13-25(35)24(30(26)36)20-48-28-9-6-8-27-31(28)41-34(47-3)43(27)19-22-7-4-5-16-38-22/h4-9,13-14,16-18H,10-12,15,19-20H2,1-3H3,(H,37,46). The molecule has 0 aliphatic carbocycles. The molecule has 2 aromatic carbocycles. The molecule has 0 atom stereocenters. The van der Waals surface area contributed by atoms with E-state index in [-0.39, 0.29) is 54.3 Å². The third-order valence-corrected chi connectivity index (χ3v) is 8.43. The molecule has 12 nitrogen and oxygen atoms in total. The van der Waals surface area contributed by atoms with Crippen LogP contribution in [0.4, 0.5) is 5.69 Å². The normalized spacial score (nSPS) is 10.9. The minimum atomic E-state index is -0.389. The van der Waals surface area contributed by atoms with Crippen molar-refractivity contribution < 1.29 is 23.9 Å². The predicted octanol–water partition coefficient (Wildman–Crippen LogP) is 5.47. The van der Waals surface area contributed by atoms with E-state index < -0.39 is 0 Å². The molecule has 2 amide bonds. The van der Waals surface area contributed by atoms with Gasteiger partial charge in [-0.2, -0.15) is 4.98 Å². The van der Waals surface area contributed by atoms with Gasteiger partial charge in [0.1, 0.15) is 23.7 Å². The first-order valence-corrected chi connectivity index (χ1v) is 15.8. The molecule has 1 N–H and O–H groups in total. The van der Waals surface area contributed by atoms with Crippen LogP contribution in [0.2, 0.25) is 10.0 Å². The van der Waals surface area contributed by atoms with Crippen molar-refractivity contribution in [2.24, 2.45) is 0 Å². The van der Waals surface area contributed by atoms with Gasteiger partial charge in [0, 0.05) is 62.5 Å². The van der Waals surface area contributed by atoms with E-state index in [1.165, 1.54) is 24.3 Å². The van der Waals surface area contributed by atoms with Crippen LogP contribution in [0.15, 0.2) is 67.1 Å². The van der Waals surface area contributed by atoms with Crippen LogP contribution in [-0.2, 0) is 29.2 Å². The summed E-state index contributed by atoms with van der Waals surface area (Å²) in [6.07, 6.45) is 5.43. The Morgan fingerprint density at radius 3 is 2.46 bits per heavy atom. The van der Waals surface area contributed by atoms with E-state index in [0.717, 1.165) is 16.8 Å². The maximum absolute atomic E-state index is 13.1. The number of amides is 2. The van der Waals surface area contributed by atoms with Gasteiger partial charge in [-0.1, -0.05) is 35.3 Å². The average molecular weight is 691 g/mol. The molecular formula is C34H33Cl2N7O5. The van der Waals surface area contributed by atoms with Gasteiger partial charge in [-0.3, -0.25) is 23.9 Å². The highest BCUT2D eigenvalue weighted by Gasteiger charge is 2.21. The van der Waals surface area contributed by atoms with Crippen LogP contribution in [0.5, 0.6) is 11.8 Å². The maximum Gasteiger partial charge on any atom is 0.297 e. The number of anilines is 1. The molecule has 5 aromatic rings. The number of hydrogen-bond donors (Lipinski definition) is 1. The number of fused-ring (bicyclic) bond motifs is 1. The number of aryl methyl sites for hydroxylation is 1. The average Bonchev–Trinajstić information content (AvgIpc) is 3.47. The SMILES string of the molecule is CNC(=O)c1ncc(CCC(=O)CCC(=O)N(C)c2ccc(Cl)c(COc3cccc4c3nc(OC)n4Cc3ccccn3)c2Cl)cn1. The highest BCUT2D eigenvalue weighted by molar-refractivity contribution is 6.38. The Balaban J connectivity index is 1.22. The molecule has 0 radical (unpaired) electrons. The van der Waals surface area contributed by atoms with Crippen molar-refractivity contribution in [2.45, 2.75) is 38.8 Å². The van der Waals surface area contributed by atoms with Crippen LogP contribution >= 0.6 is 23.2 Å². The molecule has 0 aliphatic heterocycles. The number of nitrogens with one attached hydrogen (secondary N) is 1. The molecule has 0 saturated heterocycles. The number of ketones is 1. The molecular weight excluding hydrogens is 657 g/mol. The second kappa shape index (κ2) is 15.7. The van der Waals surface area contributed by atoms with Crippen LogP contribution in [0.25, 0.3) is 11.0 Å². The summed E-state index contributed by atoms with van der Waals surface area (Å²) in [5.41, 5.74) is 3.89. The largest absolute Gasteiger partial charge is 0.486 e. The van der Waals surface area contributed by atoms with Gasteiger partial charge >= 0.3 is 0 Å². The third kappa shape index (κ3) is 7.89. The molecule has 0 fully saturated rings. The summed E-state index contributed by atoms with van der Waals surface area (Å²) < 4.78 is 13.7. The van der Waals surface area contributed by atoms with Gasteiger partial charge in [-0.15, -0.1) is 0 Å². The molecule has 0 unspecified atom stereocenters. The number of Topliss-reactive ketones (excluding diaryl/α,β-unsaturated/α-hetero) is 1. The fraction of sp³-hybridized carbons (Fsp3) is 0.265. The summed E-state index contributed by atoms with van der Waals surface area (Å²) in [6, 6.07) is 15.0. The van der Waals surface area contributed by atoms with E-state index in [4.69, 9.17) is 32.7 Å². The lowest BCUT2D eigenvalue weighted by Gasteiger charge is -2.21. The van der Waals surface area contributed by atoms with E-state index in [1.54, 1.807) is 38.6 Å². The number of hydrogen-bond acceptors (Lipinski definition) is 9. The topological polar surface area (TPSA) is 141 Å². The number of halogens is 2. The molecule has 48 heavy (non-hydrogen) atoms. The molecule has 5 rings (SSSR count). The van der Waals surface area contributed by atoms with Crippen molar-refractivity contribution in [1.82, 2.24) is 29.8 Å². The van der Waals surface area contributed by atoms with Crippen LogP contribution in [0, 0.1) is 0 Å². The lowest BCUT2D eigenvalue weighted by Crippen LogP contribution is -2.27. The fourth-order valence-electron chi connectivity index (χ4n) is 4.98. The number of methoxy groups -OCH3 is 1. The van der Waals surface area contributed by atoms with Gasteiger partial charge in [0.15, 0.2) is 0 Å². The zero-order valence-corrected chi connectivity index (χ0v) is 28.1. The van der Waals surface area contributed by atoms with Gasteiger partial charge in [-0.05, 0) is 48.4 Å². The Hall–Kier alpha value is -5.07. The zero-order chi connectivity index (χ0) is 34.2. The summed E-state index contributed by atoms with van der Waals surface area (Å²) in [7, 11) is 4.65. The highest BCUT2D eigenvalue weighted by Crippen LogP contribution is 2.36. The van der Waals surface area contributed by atoms with E-state index in [0.29, 0.717) is 46.5 Å². The van der Waals surface area contributed by atoms with Crippen molar-refractivity contribution in [3.63, 3.8) is 0 Å². The summed E-state index contributed by atoms with van der Waals surface area (Å²) in [5, 5.41) is 3.09. The maximum atomic E-state index is 13.1. The molecule has 14 heteroatoms. The van der Waals surface area contributed by atoms with Crippen molar-refractivity contribution in [2.75, 3.05) is 26.1 Å². The quantitative estimate of drug-likeness (QED) is 0.161. The second-order valence-corrected chi connectivity index (χ2v) is 11.5. The van der Waals surface area contributed by atoms with Crippen molar-refractivity contribution in [3.8, 4) is 11.8 Å². The summed E-state index contributed by atoms with van der Waals surface area (Å²) in [5.74, 6) is -0.205. The van der Waals surface area contributed by atoms with E-state index >= 15 is 0 Å². The second-order valence-electron chi connectivity index (χ2n) is 10.8. The summed E-state index contributed by atoms with van der Waals surface area (Å²) in [4.78, 5) is 55.7. The number of para-hydroxylation sites is 1. The van der Waals surface area contributed by atoms with Crippen LogP contribution in [-0.4, -0.2) is 63.3 Å². The lowest BCUT2D eigenvalue weighted by atomic mass is 10.1. The Labute approximate surface area is 287 Å². The Kier molecular flexibility index (Phi) is 11.2. The smallest absolute Gasteiger partial charge is 0.297 e. The van der Waals surface area contributed by atoms with Gasteiger partial charge in [0.05, 0.1) is 35.6 Å². The lowest BCUT2D eigenvalue weighted by molar-refractivity contribution is -0.123. The number of carbonyl (C=O) groups excluding carboxylic acids is 3. The van der Waals surface area contributed by atoms with Crippen molar-refractivity contribution in [1.29, 1.82) is 0 Å². The predicted molar refractivity (Wildman–Crippen MR) is 182 cm³/mol. The first-order valence-electron chi connectivity index (χ1n) is 15.0. The number of pyridine rings is 1. The van der Waals surface area contributed by atoms with Gasteiger partial charge < -0.3 is 19.7 Å². The Bertz CT molecular complexity index is 1930. The highest BCUT2D eigenvalue weighted by atomic mass is 35.5. The van der Waals surface area contributed by atoms with E-state index in [1.807, 2.05) is 34.9 Å². The minimum absolute atomic E-state index is 0.00276. The first kappa shape index (κ1) is 34.3. The number of carbonyl (C=O) groups is 3. The van der Waals surface area contributed by atoms with Crippen molar-refractivity contribution in [3.05, 3.63) is 99.8 Å². The molecule has 3 aromatic heterocycles. The Morgan fingerprint density at radius 2 is 1.75 bits per heavy atom. The van der Waals surface area contributed by atoms with Gasteiger partial charge in [0.25, 0.3) is 11.9 Å². The Morgan fingerprint density at radius 1 is 0.958 bits per heavy atom. The molecule has 0 saturated carbocycles. The third-order valence-electron chi connectivity index (χ3n) is 7.65. The molecule has 0 aliphatic rings. The molecule has 0 bridgehead atoms. The van der Waals surface area contributed by atoms with Crippen LogP contribution in [0.1, 0.15) is 46.7 Å². The molecule has 248 valence electrons. The summed E-state index contributed by atoms with van der Waals surface area (Å²) in [6.45, 7) is 0.465. The number of rotatable bonds is 14. The fourth-order valence-corrected chi connectivity index (χ4v) is 5.58. The van der Waals surface area contributed by atoms with Crippen LogP contribution in [0.3, 0.4) is 0 Å². The number of ether oxygens (including phenoxy) is 2. The molecule has 0 spiro atoms. The van der Waals surface area contributed by atoms with E-state index in [9.17, 15) is 14.4 Å². The molecule has 3 heterocycles.